The Morgan fingerprint density at radius 2 is 1.73 bits per heavy atom. The first kappa shape index (κ1) is 40.5. The molecular formula is C37H56N4O7S. The van der Waals surface area contributed by atoms with E-state index in [0.29, 0.717) is 31.2 Å². The number of hydrogen-bond acceptors (Lipinski definition) is 10. The SMILES string of the molecule is CC[C@H]1OC(=O)[C@H](C)[C@@H](O)[C@H](C)[C@@H](O)[C@](C)(O)C[C@@H](C)CN(CCCN(CC#N)C(=S)Nc2cccc3ccccc23)[C@H](C)[C@@H](O)[C@]1(C)O. The molecule has 0 radical (unpaired) electrons. The Morgan fingerprint density at radius 1 is 1.08 bits per heavy atom. The number of ether oxygens (including phenoxy) is 1. The molecule has 0 aliphatic carbocycles. The van der Waals surface area contributed by atoms with Gasteiger partial charge in [0.1, 0.15) is 24.4 Å². The summed E-state index contributed by atoms with van der Waals surface area (Å²) in [4.78, 5) is 16.9. The third kappa shape index (κ3) is 9.88. The Morgan fingerprint density at radius 3 is 2.39 bits per heavy atom. The van der Waals surface area contributed by atoms with Crippen LogP contribution in [0, 0.1) is 29.1 Å². The molecule has 2 aromatic carbocycles. The number of carbonyl (C=O) groups is 1. The zero-order chi connectivity index (χ0) is 36.7. The molecule has 1 aliphatic rings. The van der Waals surface area contributed by atoms with Crippen LogP contribution in [-0.2, 0) is 9.53 Å². The highest BCUT2D eigenvalue weighted by molar-refractivity contribution is 7.80. The zero-order valence-electron chi connectivity index (χ0n) is 29.9. The maximum absolute atomic E-state index is 13.2. The molecule has 1 fully saturated rings. The summed E-state index contributed by atoms with van der Waals surface area (Å²) in [6.45, 7) is 12.8. The Kier molecular flexibility index (Phi) is 14.4. The molecule has 0 spiro atoms. The first-order valence-electron chi connectivity index (χ1n) is 17.3. The van der Waals surface area contributed by atoms with Crippen molar-refractivity contribution in [3.8, 4) is 6.07 Å². The van der Waals surface area contributed by atoms with Gasteiger partial charge >= 0.3 is 5.97 Å². The van der Waals surface area contributed by atoms with Crippen molar-refractivity contribution >= 4 is 39.8 Å². The number of benzene rings is 2. The number of nitrogens with one attached hydrogen (secondary N) is 1. The number of nitrogens with zero attached hydrogens (tertiary/aromatic N) is 3. The van der Waals surface area contributed by atoms with E-state index < -0.39 is 59.5 Å². The van der Waals surface area contributed by atoms with Gasteiger partial charge in [0.2, 0.25) is 0 Å². The predicted octanol–water partition coefficient (Wildman–Crippen LogP) is 3.66. The largest absolute Gasteiger partial charge is 0.459 e. The first-order valence-corrected chi connectivity index (χ1v) is 17.7. The number of thiocarbonyl (C=S) groups is 1. The third-order valence-electron chi connectivity index (χ3n) is 10.2. The highest BCUT2D eigenvalue weighted by Gasteiger charge is 2.47. The lowest BCUT2D eigenvalue weighted by atomic mass is 9.78. The van der Waals surface area contributed by atoms with Crippen molar-refractivity contribution in [2.24, 2.45) is 17.8 Å². The molecule has 0 bridgehead atoms. The van der Waals surface area contributed by atoms with E-state index in [1.54, 1.807) is 25.7 Å². The van der Waals surface area contributed by atoms with E-state index in [4.69, 9.17) is 17.0 Å². The molecule has 0 amide bonds. The average Bonchev–Trinajstić information content (AvgIpc) is 3.06. The topological polar surface area (TPSA) is 170 Å². The standard InChI is InChI=1S/C37H56N4O7S/c1-8-30-37(7,47)33(44)26(5)41(22-23(2)21-36(6,46)32(43)24(3)31(42)25(4)34(45)48-30)19-12-18-40(20-17-38)35(49)39-29-16-11-14-27-13-9-10-15-28(27)29/h9-11,13-16,23-26,30-33,42-44,46-47H,8,12,18-22H2,1-7H3,(H,39,49)/t23-,24+,25-,26-,30-,31+,32-,33-,36-,37-/m1/s1. The Bertz CT molecular complexity index is 1440. The van der Waals surface area contributed by atoms with Crippen LogP contribution in [0.3, 0.4) is 0 Å². The number of aliphatic hydroxyl groups excluding tert-OH is 3. The van der Waals surface area contributed by atoms with Crippen molar-refractivity contribution in [1.82, 2.24) is 9.80 Å². The van der Waals surface area contributed by atoms with Gasteiger partial charge in [0.15, 0.2) is 5.11 Å². The van der Waals surface area contributed by atoms with Gasteiger partial charge < -0.3 is 40.5 Å². The van der Waals surface area contributed by atoms with Crippen LogP contribution in [0.4, 0.5) is 5.69 Å². The molecule has 272 valence electrons. The summed E-state index contributed by atoms with van der Waals surface area (Å²) in [6.07, 6.45) is -4.19. The number of anilines is 1. The minimum atomic E-state index is -1.84. The van der Waals surface area contributed by atoms with Gasteiger partial charge in [-0.05, 0) is 76.5 Å². The van der Waals surface area contributed by atoms with E-state index in [2.05, 4.69) is 11.4 Å². The van der Waals surface area contributed by atoms with Crippen LogP contribution in [0.1, 0.15) is 67.7 Å². The van der Waals surface area contributed by atoms with Crippen LogP contribution in [-0.4, -0.2) is 114 Å². The van der Waals surface area contributed by atoms with E-state index in [0.717, 1.165) is 16.5 Å². The van der Waals surface area contributed by atoms with Crippen LogP contribution in [0.5, 0.6) is 0 Å². The second-order valence-electron chi connectivity index (χ2n) is 14.4. The van der Waals surface area contributed by atoms with Crippen molar-refractivity contribution in [3.63, 3.8) is 0 Å². The van der Waals surface area contributed by atoms with Gasteiger partial charge in [-0.25, -0.2) is 0 Å². The number of aliphatic hydroxyl groups is 5. The third-order valence-corrected chi connectivity index (χ3v) is 10.6. The van der Waals surface area contributed by atoms with Gasteiger partial charge in [0, 0.05) is 42.7 Å². The van der Waals surface area contributed by atoms with Crippen LogP contribution >= 0.6 is 12.2 Å². The summed E-state index contributed by atoms with van der Waals surface area (Å²) in [5.74, 6) is -2.89. The Balaban J connectivity index is 1.86. The minimum Gasteiger partial charge on any atom is -0.459 e. The quantitative estimate of drug-likeness (QED) is 0.141. The highest BCUT2D eigenvalue weighted by Crippen LogP contribution is 2.33. The van der Waals surface area contributed by atoms with Crippen LogP contribution in [0.2, 0.25) is 0 Å². The van der Waals surface area contributed by atoms with E-state index >= 15 is 0 Å². The summed E-state index contributed by atoms with van der Waals surface area (Å²) in [6, 6.07) is 15.4. The maximum Gasteiger partial charge on any atom is 0.311 e. The zero-order valence-corrected chi connectivity index (χ0v) is 30.7. The summed E-state index contributed by atoms with van der Waals surface area (Å²) in [5, 5.41) is 72.3. The van der Waals surface area contributed by atoms with Crippen molar-refractivity contribution in [1.29, 1.82) is 5.26 Å². The minimum absolute atomic E-state index is 0.0622. The first-order chi connectivity index (χ1) is 23.0. The van der Waals surface area contributed by atoms with Crippen LogP contribution < -0.4 is 5.32 Å². The van der Waals surface area contributed by atoms with E-state index in [1.165, 1.54) is 20.8 Å². The highest BCUT2D eigenvalue weighted by atomic mass is 32.1. The second kappa shape index (κ2) is 17.4. The van der Waals surface area contributed by atoms with Gasteiger partial charge in [0.05, 0.1) is 29.8 Å². The molecule has 49 heavy (non-hydrogen) atoms. The number of nitriles is 1. The fourth-order valence-electron chi connectivity index (χ4n) is 7.17. The Hall–Kier alpha value is -2.89. The molecule has 2 aromatic rings. The van der Waals surface area contributed by atoms with Gasteiger partial charge in [-0.3, -0.25) is 9.69 Å². The van der Waals surface area contributed by atoms with Crippen LogP contribution in [0.25, 0.3) is 10.8 Å². The molecule has 11 nitrogen and oxygen atoms in total. The molecule has 3 rings (SSSR count). The van der Waals surface area contributed by atoms with Crippen molar-refractivity contribution in [2.75, 3.05) is 31.5 Å². The molecule has 1 aliphatic heterocycles. The number of cyclic esters (lactones) is 1. The molecule has 0 saturated carbocycles. The molecule has 1 saturated heterocycles. The molecule has 1 heterocycles. The number of esters is 1. The van der Waals surface area contributed by atoms with E-state index in [-0.39, 0.29) is 25.3 Å². The average molecular weight is 701 g/mol. The fourth-order valence-corrected chi connectivity index (χ4v) is 7.44. The molecule has 10 atom stereocenters. The van der Waals surface area contributed by atoms with Gasteiger partial charge in [0.25, 0.3) is 0 Å². The normalized spacial score (nSPS) is 33.9. The Labute approximate surface area is 296 Å². The van der Waals surface area contributed by atoms with Gasteiger partial charge in [-0.15, -0.1) is 0 Å². The molecule has 0 aromatic heterocycles. The second-order valence-corrected chi connectivity index (χ2v) is 14.8. The monoisotopic (exact) mass is 700 g/mol. The van der Waals surface area contributed by atoms with Crippen molar-refractivity contribution in [2.45, 2.75) is 109 Å². The number of rotatable bonds is 7. The maximum atomic E-state index is 13.2. The van der Waals surface area contributed by atoms with E-state index in [1.807, 2.05) is 54.3 Å². The number of carbonyl (C=O) groups excluding carboxylic acids is 1. The predicted molar refractivity (Wildman–Crippen MR) is 195 cm³/mol. The number of fused-ring (bicyclic) bond motifs is 1. The molecule has 12 heteroatoms. The van der Waals surface area contributed by atoms with Crippen LogP contribution in [0.15, 0.2) is 42.5 Å². The molecular weight excluding hydrogens is 644 g/mol. The molecule has 6 N–H and O–H groups in total. The summed E-state index contributed by atoms with van der Waals surface area (Å²) in [5.41, 5.74) is -2.61. The summed E-state index contributed by atoms with van der Waals surface area (Å²) < 4.78 is 5.70. The van der Waals surface area contributed by atoms with Gasteiger partial charge in [-0.1, -0.05) is 57.2 Å². The van der Waals surface area contributed by atoms with Crippen molar-refractivity contribution in [3.05, 3.63) is 42.5 Å². The van der Waals surface area contributed by atoms with Crippen molar-refractivity contribution < 1.29 is 35.1 Å². The summed E-state index contributed by atoms with van der Waals surface area (Å²) in [7, 11) is 0. The lowest BCUT2D eigenvalue weighted by Crippen LogP contribution is -2.59. The van der Waals surface area contributed by atoms with E-state index in [9.17, 15) is 35.6 Å². The number of hydrogen-bond donors (Lipinski definition) is 6. The smallest absolute Gasteiger partial charge is 0.311 e. The molecule has 0 unspecified atom stereocenters. The van der Waals surface area contributed by atoms with Gasteiger partial charge in [-0.2, -0.15) is 5.26 Å². The lowest BCUT2D eigenvalue weighted by molar-refractivity contribution is -0.193. The lowest BCUT2D eigenvalue weighted by Gasteiger charge is -2.43. The fraction of sp³-hybridized carbons (Fsp3) is 0.649. The summed E-state index contributed by atoms with van der Waals surface area (Å²) >= 11 is 5.75.